The van der Waals surface area contributed by atoms with Crippen LogP contribution < -0.4 is 0 Å². The zero-order valence-corrected chi connectivity index (χ0v) is 16.7. The van der Waals surface area contributed by atoms with Crippen molar-refractivity contribution in [2.45, 2.75) is 26.2 Å². The number of phenols is 1. The quantitative estimate of drug-likeness (QED) is 0.522. The summed E-state index contributed by atoms with van der Waals surface area (Å²) in [6, 6.07) is 17.4. The highest BCUT2D eigenvalue weighted by molar-refractivity contribution is 5.83. The molecule has 1 N–H and O–H groups in total. The number of hydrogen-bond acceptors (Lipinski definition) is 5. The molecule has 4 aromatic rings. The monoisotopic (exact) mass is 382 g/mol. The second-order valence-electron chi connectivity index (χ2n) is 7.90. The van der Waals surface area contributed by atoms with Crippen molar-refractivity contribution in [1.82, 2.24) is 19.9 Å². The Morgan fingerprint density at radius 3 is 2.24 bits per heavy atom. The van der Waals surface area contributed by atoms with Crippen LogP contribution in [0.5, 0.6) is 5.75 Å². The maximum atomic E-state index is 10.5. The van der Waals surface area contributed by atoms with E-state index in [0.29, 0.717) is 22.8 Å². The van der Waals surface area contributed by atoms with Crippen LogP contribution in [-0.4, -0.2) is 25.0 Å². The van der Waals surface area contributed by atoms with Gasteiger partial charge in [0.25, 0.3) is 0 Å². The Morgan fingerprint density at radius 2 is 1.59 bits per heavy atom. The van der Waals surface area contributed by atoms with Gasteiger partial charge >= 0.3 is 0 Å². The van der Waals surface area contributed by atoms with Gasteiger partial charge in [0.2, 0.25) is 0 Å². The Hall–Kier alpha value is -3.60. The molecule has 0 saturated carbocycles. The van der Waals surface area contributed by atoms with Gasteiger partial charge in [0.1, 0.15) is 17.8 Å². The molecule has 0 atom stereocenters. The minimum Gasteiger partial charge on any atom is -0.507 e. The maximum Gasteiger partial charge on any atom is 0.178 e. The Labute approximate surface area is 170 Å². The van der Waals surface area contributed by atoms with Crippen molar-refractivity contribution in [3.05, 3.63) is 78.9 Å². The highest BCUT2D eigenvalue weighted by Gasteiger charge is 2.17. The normalized spacial score (nSPS) is 11.4. The molecule has 0 bridgehead atoms. The average molecular weight is 382 g/mol. The molecule has 5 heteroatoms. The van der Waals surface area contributed by atoms with Crippen LogP contribution in [0.4, 0.5) is 0 Å². The molecule has 144 valence electrons. The predicted octanol–water partition coefficient (Wildman–Crippen LogP) is 5.27. The van der Waals surface area contributed by atoms with Gasteiger partial charge in [0.15, 0.2) is 5.82 Å². The number of hydrogen-bond donors (Lipinski definition) is 1. The summed E-state index contributed by atoms with van der Waals surface area (Å²) in [5.74, 6) is 0.660. The SMILES string of the molecule is CC(C)(C)c1ccc(-c2cnc(-c3ccncn3)nc2-c2ccccc2O)cc1. The van der Waals surface area contributed by atoms with Crippen molar-refractivity contribution in [2.75, 3.05) is 0 Å². The van der Waals surface area contributed by atoms with Crippen LogP contribution >= 0.6 is 0 Å². The molecule has 0 saturated heterocycles. The fraction of sp³-hybridized carbons (Fsp3) is 0.167. The van der Waals surface area contributed by atoms with Crippen LogP contribution in [0.2, 0.25) is 0 Å². The molecule has 4 rings (SSSR count). The molecule has 0 aliphatic heterocycles. The third-order valence-corrected chi connectivity index (χ3v) is 4.82. The van der Waals surface area contributed by atoms with E-state index < -0.39 is 0 Å². The van der Waals surface area contributed by atoms with Crippen molar-refractivity contribution in [1.29, 1.82) is 0 Å². The van der Waals surface area contributed by atoms with Gasteiger partial charge in [-0.3, -0.25) is 0 Å². The van der Waals surface area contributed by atoms with Crippen LogP contribution in [0.15, 0.2) is 73.3 Å². The van der Waals surface area contributed by atoms with Crippen LogP contribution in [-0.2, 0) is 5.41 Å². The average Bonchev–Trinajstić information content (AvgIpc) is 2.74. The third-order valence-electron chi connectivity index (χ3n) is 4.82. The van der Waals surface area contributed by atoms with Crippen LogP contribution in [0.3, 0.4) is 0 Å². The van der Waals surface area contributed by atoms with Crippen molar-refractivity contribution in [3.63, 3.8) is 0 Å². The summed E-state index contributed by atoms with van der Waals surface area (Å²) in [5.41, 5.74) is 5.12. The fourth-order valence-corrected chi connectivity index (χ4v) is 3.17. The molecule has 0 radical (unpaired) electrons. The zero-order valence-electron chi connectivity index (χ0n) is 16.7. The number of benzene rings is 2. The molecule has 0 amide bonds. The van der Waals surface area contributed by atoms with Gasteiger partial charge in [-0.2, -0.15) is 0 Å². The molecule has 2 heterocycles. The standard InChI is InChI=1S/C24H22N4O/c1-24(2,3)17-10-8-16(9-11-17)19-14-26-23(20-12-13-25-15-27-20)28-22(19)18-6-4-5-7-21(18)29/h4-15,29H,1-3H3. The second kappa shape index (κ2) is 7.43. The molecule has 2 aromatic heterocycles. The molecular formula is C24H22N4O. The predicted molar refractivity (Wildman–Crippen MR) is 114 cm³/mol. The highest BCUT2D eigenvalue weighted by atomic mass is 16.3. The first-order chi connectivity index (χ1) is 13.9. The lowest BCUT2D eigenvalue weighted by molar-refractivity contribution is 0.477. The number of nitrogens with zero attached hydrogens (tertiary/aromatic N) is 4. The lowest BCUT2D eigenvalue weighted by atomic mass is 9.86. The van der Waals surface area contributed by atoms with Gasteiger partial charge in [-0.15, -0.1) is 0 Å². The van der Waals surface area contributed by atoms with E-state index in [2.05, 4.69) is 60.0 Å². The Balaban J connectivity index is 1.89. The number of aromatic nitrogens is 4. The van der Waals surface area contributed by atoms with Gasteiger partial charge in [-0.05, 0) is 34.7 Å². The molecule has 0 aliphatic carbocycles. The summed E-state index contributed by atoms with van der Waals surface area (Å²) in [6.07, 6.45) is 4.92. The first kappa shape index (κ1) is 18.7. The lowest BCUT2D eigenvalue weighted by Crippen LogP contribution is -2.10. The summed E-state index contributed by atoms with van der Waals surface area (Å²) in [5, 5.41) is 10.5. The van der Waals surface area contributed by atoms with Crippen molar-refractivity contribution >= 4 is 0 Å². The Morgan fingerprint density at radius 1 is 0.828 bits per heavy atom. The van der Waals surface area contributed by atoms with E-state index in [4.69, 9.17) is 4.98 Å². The zero-order chi connectivity index (χ0) is 20.4. The summed E-state index contributed by atoms with van der Waals surface area (Å²) in [7, 11) is 0. The molecule has 5 nitrogen and oxygen atoms in total. The Kier molecular flexibility index (Phi) is 4.80. The molecular weight excluding hydrogens is 360 g/mol. The molecule has 0 aliphatic rings. The Bertz CT molecular complexity index is 1130. The van der Waals surface area contributed by atoms with Gasteiger partial charge in [-0.1, -0.05) is 57.2 Å². The van der Waals surface area contributed by atoms with Gasteiger partial charge in [0.05, 0.1) is 5.69 Å². The summed E-state index contributed by atoms with van der Waals surface area (Å²) in [4.78, 5) is 17.5. The third kappa shape index (κ3) is 3.85. The largest absolute Gasteiger partial charge is 0.507 e. The summed E-state index contributed by atoms with van der Waals surface area (Å²) < 4.78 is 0. The number of aromatic hydroxyl groups is 1. The number of phenolic OH excluding ortho intramolecular Hbond substituents is 1. The molecule has 0 spiro atoms. The lowest BCUT2D eigenvalue weighted by Gasteiger charge is -2.19. The second-order valence-corrected chi connectivity index (χ2v) is 7.90. The summed E-state index contributed by atoms with van der Waals surface area (Å²) in [6.45, 7) is 6.57. The topological polar surface area (TPSA) is 71.8 Å². The molecule has 0 fully saturated rings. The first-order valence-electron chi connectivity index (χ1n) is 9.46. The van der Waals surface area contributed by atoms with E-state index in [1.54, 1.807) is 30.6 Å². The van der Waals surface area contributed by atoms with Crippen molar-refractivity contribution in [2.24, 2.45) is 0 Å². The van der Waals surface area contributed by atoms with E-state index in [1.165, 1.54) is 11.9 Å². The highest BCUT2D eigenvalue weighted by Crippen LogP contribution is 2.36. The van der Waals surface area contributed by atoms with Gasteiger partial charge < -0.3 is 5.11 Å². The minimum absolute atomic E-state index is 0.0758. The molecule has 0 unspecified atom stereocenters. The van der Waals surface area contributed by atoms with Gasteiger partial charge in [0, 0.05) is 23.5 Å². The van der Waals surface area contributed by atoms with Crippen LogP contribution in [0.25, 0.3) is 33.9 Å². The maximum absolute atomic E-state index is 10.5. The van der Waals surface area contributed by atoms with Gasteiger partial charge in [-0.25, -0.2) is 19.9 Å². The van der Waals surface area contributed by atoms with Crippen LogP contribution in [0.1, 0.15) is 26.3 Å². The van der Waals surface area contributed by atoms with Crippen molar-refractivity contribution in [3.8, 4) is 39.7 Å². The molecule has 29 heavy (non-hydrogen) atoms. The molecule has 2 aromatic carbocycles. The fourth-order valence-electron chi connectivity index (χ4n) is 3.17. The van der Waals surface area contributed by atoms with E-state index in [0.717, 1.165) is 11.1 Å². The van der Waals surface area contributed by atoms with E-state index in [1.807, 2.05) is 12.1 Å². The van der Waals surface area contributed by atoms with E-state index in [9.17, 15) is 5.11 Å². The first-order valence-corrected chi connectivity index (χ1v) is 9.46. The smallest absolute Gasteiger partial charge is 0.178 e. The number of rotatable bonds is 3. The van der Waals surface area contributed by atoms with Crippen LogP contribution in [0, 0.1) is 0 Å². The summed E-state index contributed by atoms with van der Waals surface area (Å²) >= 11 is 0. The van der Waals surface area contributed by atoms with E-state index >= 15 is 0 Å². The van der Waals surface area contributed by atoms with Crippen molar-refractivity contribution < 1.29 is 5.11 Å². The number of para-hydroxylation sites is 1. The van der Waals surface area contributed by atoms with E-state index in [-0.39, 0.29) is 11.2 Å². The minimum atomic E-state index is 0.0758.